The Morgan fingerprint density at radius 1 is 1.07 bits per heavy atom. The summed E-state index contributed by atoms with van der Waals surface area (Å²) in [5.41, 5.74) is 2.71. The molecule has 0 aliphatic heterocycles. The SMILES string of the molecule is C[C@@H](NC(=O)Cn1c(COc2ccccc2)nc2ccccc21)c1cccnc1. The fraction of sp³-hybridized carbons (Fsp3) is 0.174. The van der Waals surface area contributed by atoms with Crippen LogP contribution in [-0.4, -0.2) is 20.4 Å². The quantitative estimate of drug-likeness (QED) is 0.523. The van der Waals surface area contributed by atoms with Gasteiger partial charge in [-0.25, -0.2) is 4.98 Å². The largest absolute Gasteiger partial charge is 0.486 e. The third-order valence-electron chi connectivity index (χ3n) is 4.71. The van der Waals surface area contributed by atoms with Crippen molar-refractivity contribution in [1.82, 2.24) is 19.9 Å². The van der Waals surface area contributed by atoms with E-state index in [4.69, 9.17) is 4.74 Å². The van der Waals surface area contributed by atoms with E-state index in [9.17, 15) is 4.79 Å². The van der Waals surface area contributed by atoms with E-state index in [1.807, 2.05) is 78.2 Å². The highest BCUT2D eigenvalue weighted by Crippen LogP contribution is 2.19. The van der Waals surface area contributed by atoms with E-state index in [1.165, 1.54) is 0 Å². The number of hydrogen-bond acceptors (Lipinski definition) is 4. The highest BCUT2D eigenvalue weighted by Gasteiger charge is 2.16. The van der Waals surface area contributed by atoms with Gasteiger partial charge in [0.1, 0.15) is 24.7 Å². The van der Waals surface area contributed by atoms with Gasteiger partial charge < -0.3 is 14.6 Å². The van der Waals surface area contributed by atoms with Gasteiger partial charge >= 0.3 is 0 Å². The first-order valence-electron chi connectivity index (χ1n) is 9.52. The number of para-hydroxylation sites is 3. The number of pyridine rings is 1. The number of nitrogens with zero attached hydrogens (tertiary/aromatic N) is 3. The minimum Gasteiger partial charge on any atom is -0.486 e. The first-order chi connectivity index (χ1) is 14.2. The van der Waals surface area contributed by atoms with Crippen molar-refractivity contribution in [1.29, 1.82) is 0 Å². The van der Waals surface area contributed by atoms with Gasteiger partial charge in [-0.1, -0.05) is 36.4 Å². The molecule has 1 atom stereocenters. The maximum Gasteiger partial charge on any atom is 0.240 e. The lowest BCUT2D eigenvalue weighted by Crippen LogP contribution is -2.30. The Morgan fingerprint density at radius 3 is 2.66 bits per heavy atom. The molecule has 2 aromatic heterocycles. The Bertz CT molecular complexity index is 1090. The monoisotopic (exact) mass is 386 g/mol. The van der Waals surface area contributed by atoms with E-state index in [2.05, 4.69) is 15.3 Å². The van der Waals surface area contributed by atoms with Crippen LogP contribution < -0.4 is 10.1 Å². The zero-order valence-electron chi connectivity index (χ0n) is 16.2. The lowest BCUT2D eigenvalue weighted by Gasteiger charge is -2.15. The van der Waals surface area contributed by atoms with Gasteiger partial charge in [-0.3, -0.25) is 9.78 Å². The molecule has 0 fully saturated rings. The van der Waals surface area contributed by atoms with Crippen molar-refractivity contribution in [2.24, 2.45) is 0 Å². The van der Waals surface area contributed by atoms with Crippen LogP contribution in [0.5, 0.6) is 5.75 Å². The molecule has 2 heterocycles. The maximum atomic E-state index is 12.7. The van der Waals surface area contributed by atoms with Crippen molar-refractivity contribution in [2.75, 3.05) is 0 Å². The van der Waals surface area contributed by atoms with E-state index in [1.54, 1.807) is 12.4 Å². The number of amides is 1. The average molecular weight is 386 g/mol. The Balaban J connectivity index is 1.53. The molecule has 0 saturated heterocycles. The molecule has 1 amide bonds. The number of carbonyl (C=O) groups excluding carboxylic acids is 1. The standard InChI is InChI=1S/C23H22N4O2/c1-17(18-8-7-13-24-14-18)25-23(28)15-27-21-12-6-5-11-20(21)26-22(27)16-29-19-9-3-2-4-10-19/h2-14,17H,15-16H2,1H3,(H,25,28)/t17-/m1/s1. The second-order valence-corrected chi connectivity index (χ2v) is 6.78. The van der Waals surface area contributed by atoms with Crippen LogP contribution >= 0.6 is 0 Å². The number of nitrogens with one attached hydrogen (secondary N) is 1. The third-order valence-corrected chi connectivity index (χ3v) is 4.71. The summed E-state index contributed by atoms with van der Waals surface area (Å²) in [6.45, 7) is 2.39. The second-order valence-electron chi connectivity index (χ2n) is 6.78. The van der Waals surface area contributed by atoms with Crippen molar-refractivity contribution >= 4 is 16.9 Å². The molecule has 0 aliphatic carbocycles. The average Bonchev–Trinajstić information content (AvgIpc) is 3.11. The molecule has 0 bridgehead atoms. The number of carbonyl (C=O) groups is 1. The fourth-order valence-corrected chi connectivity index (χ4v) is 3.22. The van der Waals surface area contributed by atoms with Gasteiger partial charge in [0.15, 0.2) is 0 Å². The van der Waals surface area contributed by atoms with Gasteiger partial charge in [-0.15, -0.1) is 0 Å². The molecule has 4 rings (SSSR count). The molecule has 0 unspecified atom stereocenters. The van der Waals surface area contributed by atoms with Crippen LogP contribution in [-0.2, 0) is 17.9 Å². The lowest BCUT2D eigenvalue weighted by atomic mass is 10.1. The van der Waals surface area contributed by atoms with Crippen molar-refractivity contribution in [2.45, 2.75) is 26.1 Å². The topological polar surface area (TPSA) is 69.0 Å². The normalized spacial score (nSPS) is 11.9. The summed E-state index contributed by atoms with van der Waals surface area (Å²) in [5, 5.41) is 3.03. The summed E-state index contributed by atoms with van der Waals surface area (Å²) in [6.07, 6.45) is 3.48. The first kappa shape index (κ1) is 18.7. The van der Waals surface area contributed by atoms with Crippen LogP contribution in [0.1, 0.15) is 24.4 Å². The summed E-state index contributed by atoms with van der Waals surface area (Å²) in [5.74, 6) is 1.38. The summed E-state index contributed by atoms with van der Waals surface area (Å²) >= 11 is 0. The molecule has 6 nitrogen and oxygen atoms in total. The zero-order chi connectivity index (χ0) is 20.1. The predicted molar refractivity (Wildman–Crippen MR) is 111 cm³/mol. The van der Waals surface area contributed by atoms with E-state index in [0.717, 1.165) is 22.3 Å². The molecule has 0 aliphatic rings. The van der Waals surface area contributed by atoms with Gasteiger partial charge in [0, 0.05) is 12.4 Å². The van der Waals surface area contributed by atoms with Crippen LogP contribution in [0.25, 0.3) is 11.0 Å². The highest BCUT2D eigenvalue weighted by molar-refractivity contribution is 5.81. The highest BCUT2D eigenvalue weighted by atomic mass is 16.5. The number of imidazole rings is 1. The summed E-state index contributed by atoms with van der Waals surface area (Å²) in [4.78, 5) is 21.5. The molecule has 2 aromatic carbocycles. The molecule has 0 saturated carbocycles. The van der Waals surface area contributed by atoms with E-state index in [0.29, 0.717) is 5.82 Å². The number of aromatic nitrogens is 3. The molecule has 146 valence electrons. The molecule has 4 aromatic rings. The number of rotatable bonds is 7. The van der Waals surface area contributed by atoms with Gasteiger partial charge in [-0.2, -0.15) is 0 Å². The van der Waals surface area contributed by atoms with Gasteiger partial charge in [0.25, 0.3) is 0 Å². The second kappa shape index (κ2) is 8.56. The molecule has 1 N–H and O–H groups in total. The Labute approximate surface area is 169 Å². The van der Waals surface area contributed by atoms with Crippen LogP contribution in [0.2, 0.25) is 0 Å². The van der Waals surface area contributed by atoms with Crippen LogP contribution in [0, 0.1) is 0 Å². The van der Waals surface area contributed by atoms with Crippen LogP contribution in [0.4, 0.5) is 0 Å². The summed E-state index contributed by atoms with van der Waals surface area (Å²) in [7, 11) is 0. The van der Waals surface area contributed by atoms with Crippen LogP contribution in [0.15, 0.2) is 79.1 Å². The van der Waals surface area contributed by atoms with Gasteiger partial charge in [0.2, 0.25) is 5.91 Å². The zero-order valence-corrected chi connectivity index (χ0v) is 16.2. The molecule has 0 radical (unpaired) electrons. The van der Waals surface area contributed by atoms with E-state index in [-0.39, 0.29) is 25.1 Å². The Kier molecular flexibility index (Phi) is 5.52. The number of fused-ring (bicyclic) bond motifs is 1. The van der Waals surface area contributed by atoms with E-state index >= 15 is 0 Å². The Hall–Kier alpha value is -3.67. The molecular weight excluding hydrogens is 364 g/mol. The predicted octanol–water partition coefficient (Wildman–Crippen LogP) is 3.89. The third kappa shape index (κ3) is 4.43. The van der Waals surface area contributed by atoms with Crippen molar-refractivity contribution in [3.8, 4) is 5.75 Å². The number of benzene rings is 2. The fourth-order valence-electron chi connectivity index (χ4n) is 3.22. The molecule has 6 heteroatoms. The van der Waals surface area contributed by atoms with Crippen molar-refractivity contribution in [3.63, 3.8) is 0 Å². The lowest BCUT2D eigenvalue weighted by molar-refractivity contribution is -0.122. The number of hydrogen-bond donors (Lipinski definition) is 1. The van der Waals surface area contributed by atoms with Gasteiger partial charge in [0.05, 0.1) is 17.1 Å². The molecule has 0 spiro atoms. The molecular formula is C23H22N4O2. The van der Waals surface area contributed by atoms with E-state index < -0.39 is 0 Å². The van der Waals surface area contributed by atoms with Crippen LogP contribution in [0.3, 0.4) is 0 Å². The summed E-state index contributed by atoms with van der Waals surface area (Å²) in [6, 6.07) is 21.0. The smallest absolute Gasteiger partial charge is 0.240 e. The minimum absolute atomic E-state index is 0.0922. The summed E-state index contributed by atoms with van der Waals surface area (Å²) < 4.78 is 7.78. The maximum absolute atomic E-state index is 12.7. The first-order valence-corrected chi connectivity index (χ1v) is 9.52. The Morgan fingerprint density at radius 2 is 1.86 bits per heavy atom. The van der Waals surface area contributed by atoms with Crippen molar-refractivity contribution in [3.05, 3.63) is 90.5 Å². The van der Waals surface area contributed by atoms with Crippen molar-refractivity contribution < 1.29 is 9.53 Å². The van der Waals surface area contributed by atoms with Gasteiger partial charge in [-0.05, 0) is 42.8 Å². The number of ether oxygens (including phenoxy) is 1. The minimum atomic E-state index is -0.130. The molecule has 29 heavy (non-hydrogen) atoms.